The molecule has 24 heavy (non-hydrogen) atoms. The molecule has 5 heteroatoms. The molecule has 0 N–H and O–H groups in total. The van der Waals surface area contributed by atoms with E-state index in [4.69, 9.17) is 5.26 Å². The van der Waals surface area contributed by atoms with E-state index in [1.165, 1.54) is 5.56 Å². The molecule has 0 bridgehead atoms. The van der Waals surface area contributed by atoms with Crippen LogP contribution in [0.4, 0.5) is 0 Å². The van der Waals surface area contributed by atoms with Crippen LogP contribution in [-0.4, -0.2) is 30.9 Å². The first kappa shape index (κ1) is 16.7. The zero-order chi connectivity index (χ0) is 17.0. The van der Waals surface area contributed by atoms with E-state index in [1.54, 1.807) is 12.1 Å². The molecule has 3 rings (SSSR count). The molecule has 0 saturated carbocycles. The first-order valence-electron chi connectivity index (χ1n) is 8.03. The fourth-order valence-electron chi connectivity index (χ4n) is 3.11. The van der Waals surface area contributed by atoms with Crippen LogP contribution in [0.2, 0.25) is 0 Å². The van der Waals surface area contributed by atoms with Crippen LogP contribution in [0, 0.1) is 11.3 Å². The third-order valence-corrected chi connectivity index (χ3v) is 6.17. The summed E-state index contributed by atoms with van der Waals surface area (Å²) >= 11 is 0. The average Bonchev–Trinajstić information content (AvgIpc) is 2.96. The predicted octanol–water partition coefficient (Wildman–Crippen LogP) is 2.75. The number of sulfone groups is 1. The summed E-state index contributed by atoms with van der Waals surface area (Å²) < 4.78 is 23.7. The number of benzene rings is 2. The Balaban J connectivity index is 1.79. The maximum Gasteiger partial charge on any atom is 0.151 e. The minimum Gasteiger partial charge on any atom is -0.291 e. The van der Waals surface area contributed by atoms with Crippen LogP contribution in [0.3, 0.4) is 0 Å². The van der Waals surface area contributed by atoms with Crippen molar-refractivity contribution in [1.29, 1.82) is 5.26 Å². The maximum absolute atomic E-state index is 11.9. The van der Waals surface area contributed by atoms with Gasteiger partial charge in [-0.15, -0.1) is 0 Å². The topological polar surface area (TPSA) is 61.2 Å². The van der Waals surface area contributed by atoms with Crippen molar-refractivity contribution >= 4 is 9.84 Å². The Morgan fingerprint density at radius 3 is 2.17 bits per heavy atom. The molecule has 1 saturated heterocycles. The molecule has 124 valence electrons. The van der Waals surface area contributed by atoms with Gasteiger partial charge in [0.15, 0.2) is 9.84 Å². The average molecular weight is 340 g/mol. The third kappa shape index (κ3) is 4.22. The molecule has 2 aromatic rings. The standard InChI is InChI=1S/C19H20N2O2S/c20-12-16-6-8-18(9-7-16)14-21(13-17-4-2-1-3-5-17)19-10-11-24(22,23)15-19/h1-9,19H,10-11,13-15H2/t19-/m1/s1. The summed E-state index contributed by atoms with van der Waals surface area (Å²) in [4.78, 5) is 2.24. The van der Waals surface area contributed by atoms with Crippen molar-refractivity contribution in [3.8, 4) is 6.07 Å². The highest BCUT2D eigenvalue weighted by atomic mass is 32.2. The van der Waals surface area contributed by atoms with Gasteiger partial charge in [0.05, 0.1) is 23.1 Å². The van der Waals surface area contributed by atoms with Gasteiger partial charge in [-0.25, -0.2) is 8.42 Å². The third-order valence-electron chi connectivity index (χ3n) is 4.42. The Morgan fingerprint density at radius 2 is 1.62 bits per heavy atom. The molecule has 1 heterocycles. The number of nitrogens with zero attached hydrogens (tertiary/aromatic N) is 2. The molecule has 0 amide bonds. The molecule has 1 aliphatic heterocycles. The summed E-state index contributed by atoms with van der Waals surface area (Å²) in [6, 6.07) is 19.8. The molecule has 1 fully saturated rings. The van der Waals surface area contributed by atoms with Gasteiger partial charge in [0.25, 0.3) is 0 Å². The second-order valence-corrected chi connectivity index (χ2v) is 8.48. The van der Waals surface area contributed by atoms with Crippen LogP contribution in [0.1, 0.15) is 23.1 Å². The van der Waals surface area contributed by atoms with Crippen molar-refractivity contribution in [2.75, 3.05) is 11.5 Å². The molecule has 0 radical (unpaired) electrons. The fraction of sp³-hybridized carbons (Fsp3) is 0.316. The van der Waals surface area contributed by atoms with E-state index < -0.39 is 9.84 Å². The minimum absolute atomic E-state index is 0.0471. The van der Waals surface area contributed by atoms with E-state index in [0.717, 1.165) is 12.1 Å². The summed E-state index contributed by atoms with van der Waals surface area (Å²) in [6.45, 7) is 1.40. The van der Waals surface area contributed by atoms with Crippen LogP contribution in [-0.2, 0) is 22.9 Å². The molecule has 2 aromatic carbocycles. The smallest absolute Gasteiger partial charge is 0.151 e. The molecule has 0 aromatic heterocycles. The molecular formula is C19H20N2O2S. The molecule has 0 aliphatic carbocycles. The zero-order valence-electron chi connectivity index (χ0n) is 13.4. The van der Waals surface area contributed by atoms with Gasteiger partial charge >= 0.3 is 0 Å². The van der Waals surface area contributed by atoms with Crippen LogP contribution in [0.25, 0.3) is 0 Å². The van der Waals surface area contributed by atoms with E-state index in [1.807, 2.05) is 30.3 Å². The summed E-state index contributed by atoms with van der Waals surface area (Å²) in [6.07, 6.45) is 0.686. The zero-order valence-corrected chi connectivity index (χ0v) is 14.2. The molecule has 1 atom stereocenters. The summed E-state index contributed by atoms with van der Waals surface area (Å²) in [7, 11) is -2.92. The van der Waals surface area contributed by atoms with Gasteiger partial charge < -0.3 is 0 Å². The predicted molar refractivity (Wildman–Crippen MR) is 93.9 cm³/mol. The Labute approximate surface area is 143 Å². The lowest BCUT2D eigenvalue weighted by Crippen LogP contribution is -2.35. The van der Waals surface area contributed by atoms with Gasteiger partial charge in [-0.05, 0) is 29.7 Å². The molecule has 4 nitrogen and oxygen atoms in total. The number of hydrogen-bond donors (Lipinski definition) is 0. The number of hydrogen-bond acceptors (Lipinski definition) is 4. The Hall–Kier alpha value is -2.16. The Morgan fingerprint density at radius 1 is 1.00 bits per heavy atom. The summed E-state index contributed by atoms with van der Waals surface area (Å²) in [5, 5.41) is 8.91. The van der Waals surface area contributed by atoms with Crippen molar-refractivity contribution in [1.82, 2.24) is 4.90 Å². The van der Waals surface area contributed by atoms with Gasteiger partial charge in [-0.2, -0.15) is 5.26 Å². The lowest BCUT2D eigenvalue weighted by Gasteiger charge is -2.28. The largest absolute Gasteiger partial charge is 0.291 e. The monoisotopic (exact) mass is 340 g/mol. The Kier molecular flexibility index (Phi) is 4.98. The second-order valence-electron chi connectivity index (χ2n) is 6.26. The summed E-state index contributed by atoms with van der Waals surface area (Å²) in [5.41, 5.74) is 2.90. The van der Waals surface area contributed by atoms with Crippen molar-refractivity contribution in [3.63, 3.8) is 0 Å². The van der Waals surface area contributed by atoms with Crippen LogP contribution in [0.5, 0.6) is 0 Å². The number of rotatable bonds is 5. The lowest BCUT2D eigenvalue weighted by molar-refractivity contribution is 0.194. The normalized spacial score (nSPS) is 19.2. The van der Waals surface area contributed by atoms with Crippen molar-refractivity contribution in [3.05, 3.63) is 71.3 Å². The van der Waals surface area contributed by atoms with Crippen molar-refractivity contribution < 1.29 is 8.42 Å². The highest BCUT2D eigenvalue weighted by Gasteiger charge is 2.32. The van der Waals surface area contributed by atoms with Crippen molar-refractivity contribution in [2.24, 2.45) is 0 Å². The van der Waals surface area contributed by atoms with Gasteiger partial charge in [0.2, 0.25) is 0 Å². The summed E-state index contributed by atoms with van der Waals surface area (Å²) in [5.74, 6) is 0.506. The molecular weight excluding hydrogens is 320 g/mol. The van der Waals surface area contributed by atoms with Gasteiger partial charge in [-0.3, -0.25) is 4.90 Å². The highest BCUT2D eigenvalue weighted by molar-refractivity contribution is 7.91. The van der Waals surface area contributed by atoms with E-state index in [0.29, 0.717) is 18.5 Å². The minimum atomic E-state index is -2.92. The van der Waals surface area contributed by atoms with Crippen LogP contribution < -0.4 is 0 Å². The molecule has 0 unspecified atom stereocenters. The van der Waals surface area contributed by atoms with E-state index in [9.17, 15) is 8.42 Å². The molecule has 1 aliphatic rings. The Bertz CT molecular complexity index is 824. The van der Waals surface area contributed by atoms with Crippen molar-refractivity contribution in [2.45, 2.75) is 25.6 Å². The first-order chi connectivity index (χ1) is 11.6. The van der Waals surface area contributed by atoms with Gasteiger partial charge in [0, 0.05) is 19.1 Å². The molecule has 0 spiro atoms. The maximum atomic E-state index is 11.9. The van der Waals surface area contributed by atoms with Crippen LogP contribution in [0.15, 0.2) is 54.6 Å². The van der Waals surface area contributed by atoms with E-state index in [2.05, 4.69) is 23.1 Å². The lowest BCUT2D eigenvalue weighted by atomic mass is 10.1. The second kappa shape index (κ2) is 7.16. The highest BCUT2D eigenvalue weighted by Crippen LogP contribution is 2.22. The SMILES string of the molecule is N#Cc1ccc(CN(Cc2ccccc2)[C@@H]2CCS(=O)(=O)C2)cc1. The van der Waals surface area contributed by atoms with E-state index >= 15 is 0 Å². The fourth-order valence-corrected chi connectivity index (χ4v) is 4.88. The van der Waals surface area contributed by atoms with Crippen LogP contribution >= 0.6 is 0 Å². The van der Waals surface area contributed by atoms with E-state index in [-0.39, 0.29) is 17.5 Å². The van der Waals surface area contributed by atoms with Gasteiger partial charge in [0.1, 0.15) is 0 Å². The number of nitriles is 1. The van der Waals surface area contributed by atoms with Gasteiger partial charge in [-0.1, -0.05) is 42.5 Å². The quantitative estimate of drug-likeness (QED) is 0.840. The first-order valence-corrected chi connectivity index (χ1v) is 9.85.